The number of para-hydroxylation sites is 1. The molecule has 0 aromatic heterocycles. The molecule has 0 aliphatic carbocycles. The van der Waals surface area contributed by atoms with Crippen LogP contribution in [-0.4, -0.2) is 8.50 Å². The number of hydrogen-bond acceptors (Lipinski definition) is 4. The minimum Gasteiger partial charge on any atom is -0.460 e. The van der Waals surface area contributed by atoms with E-state index in [2.05, 4.69) is 4.37 Å². The van der Waals surface area contributed by atoms with Gasteiger partial charge >= 0.3 is 0 Å². The SMILES string of the molecule is Cn1oc2coc3ccccc3c-2ns1. The first-order valence-corrected chi connectivity index (χ1v) is 5.21. The Labute approximate surface area is 89.7 Å². The molecule has 3 rings (SSSR count). The molecule has 0 saturated carbocycles. The van der Waals surface area contributed by atoms with E-state index in [1.54, 1.807) is 17.4 Å². The summed E-state index contributed by atoms with van der Waals surface area (Å²) in [6, 6.07) is 7.77. The van der Waals surface area contributed by atoms with E-state index in [0.717, 1.165) is 16.7 Å². The van der Waals surface area contributed by atoms with Crippen LogP contribution in [0.4, 0.5) is 0 Å². The molecule has 0 N–H and O–H groups in total. The van der Waals surface area contributed by atoms with E-state index in [9.17, 15) is 0 Å². The van der Waals surface area contributed by atoms with E-state index in [1.807, 2.05) is 24.3 Å². The monoisotopic (exact) mass is 220 g/mol. The summed E-state index contributed by atoms with van der Waals surface area (Å²) < 4.78 is 16.8. The van der Waals surface area contributed by atoms with Crippen LogP contribution in [0.2, 0.25) is 0 Å². The minimum atomic E-state index is 0.648. The zero-order chi connectivity index (χ0) is 10.3. The third-order valence-electron chi connectivity index (χ3n) is 2.14. The van der Waals surface area contributed by atoms with Gasteiger partial charge in [0, 0.05) is 5.39 Å². The van der Waals surface area contributed by atoms with Crippen molar-refractivity contribution in [1.82, 2.24) is 8.50 Å². The second-order valence-corrected chi connectivity index (χ2v) is 4.01. The molecular weight excluding hydrogens is 212 g/mol. The summed E-state index contributed by atoms with van der Waals surface area (Å²) in [6.45, 7) is 0. The van der Waals surface area contributed by atoms with Crippen molar-refractivity contribution in [2.75, 3.05) is 0 Å². The van der Waals surface area contributed by atoms with Gasteiger partial charge in [0.05, 0.1) is 18.8 Å². The summed E-state index contributed by atoms with van der Waals surface area (Å²) in [5.41, 5.74) is 1.65. The third-order valence-corrected chi connectivity index (χ3v) is 2.71. The summed E-state index contributed by atoms with van der Waals surface area (Å²) >= 11 is 1.27. The molecule has 0 atom stereocenters. The third kappa shape index (κ3) is 1.32. The van der Waals surface area contributed by atoms with Crippen LogP contribution >= 0.6 is 11.7 Å². The Bertz CT molecular complexity index is 614. The van der Waals surface area contributed by atoms with Crippen LogP contribution in [0.25, 0.3) is 22.4 Å². The predicted molar refractivity (Wildman–Crippen MR) is 57.4 cm³/mol. The fourth-order valence-electron chi connectivity index (χ4n) is 1.48. The zero-order valence-electron chi connectivity index (χ0n) is 8.01. The smallest absolute Gasteiger partial charge is 0.218 e. The molecule has 0 fully saturated rings. The Morgan fingerprint density at radius 1 is 1.33 bits per heavy atom. The van der Waals surface area contributed by atoms with Gasteiger partial charge in [-0.2, -0.15) is 4.37 Å². The Morgan fingerprint density at radius 2 is 2.20 bits per heavy atom. The van der Waals surface area contributed by atoms with Gasteiger partial charge in [-0.3, -0.25) is 0 Å². The van der Waals surface area contributed by atoms with E-state index in [1.165, 1.54) is 11.7 Å². The van der Waals surface area contributed by atoms with Crippen LogP contribution in [0.15, 0.2) is 39.5 Å². The molecule has 76 valence electrons. The molecule has 15 heavy (non-hydrogen) atoms. The average Bonchev–Trinajstić information content (AvgIpc) is 2.28. The lowest BCUT2D eigenvalue weighted by molar-refractivity contribution is 0.325. The van der Waals surface area contributed by atoms with Crippen molar-refractivity contribution in [1.29, 1.82) is 0 Å². The maximum atomic E-state index is 5.45. The summed E-state index contributed by atoms with van der Waals surface area (Å²) in [6.07, 6.45) is 1.58. The van der Waals surface area contributed by atoms with Gasteiger partial charge in [0.25, 0.3) is 0 Å². The minimum absolute atomic E-state index is 0.648. The van der Waals surface area contributed by atoms with Crippen molar-refractivity contribution in [2.24, 2.45) is 7.05 Å². The lowest BCUT2D eigenvalue weighted by Crippen LogP contribution is -1.92. The maximum absolute atomic E-state index is 5.45. The van der Waals surface area contributed by atoms with E-state index in [4.69, 9.17) is 8.94 Å². The largest absolute Gasteiger partial charge is 0.460 e. The lowest BCUT2D eigenvalue weighted by Gasteiger charge is -2.06. The molecule has 0 radical (unpaired) electrons. The van der Waals surface area contributed by atoms with Crippen LogP contribution in [0.5, 0.6) is 0 Å². The number of aromatic nitrogens is 2. The van der Waals surface area contributed by atoms with Gasteiger partial charge in [0.15, 0.2) is 0 Å². The van der Waals surface area contributed by atoms with Crippen LogP contribution in [-0.2, 0) is 7.05 Å². The van der Waals surface area contributed by atoms with Gasteiger partial charge in [0.2, 0.25) is 5.76 Å². The van der Waals surface area contributed by atoms with Crippen molar-refractivity contribution >= 4 is 22.7 Å². The topological polar surface area (TPSA) is 44.1 Å². The number of benzene rings is 1. The molecule has 2 aliphatic heterocycles. The Kier molecular flexibility index (Phi) is 1.78. The number of rotatable bonds is 0. The van der Waals surface area contributed by atoms with Crippen LogP contribution in [0.1, 0.15) is 0 Å². The molecule has 1 aromatic carbocycles. The highest BCUT2D eigenvalue weighted by Crippen LogP contribution is 2.28. The predicted octanol–water partition coefficient (Wildman–Crippen LogP) is 3.05. The molecule has 2 aliphatic rings. The molecule has 0 spiro atoms. The molecule has 0 saturated heterocycles. The highest BCUT2D eigenvalue weighted by atomic mass is 32.1. The van der Waals surface area contributed by atoms with E-state index < -0.39 is 0 Å². The van der Waals surface area contributed by atoms with Gasteiger partial charge in [-0.15, -0.1) is 4.13 Å². The van der Waals surface area contributed by atoms with Crippen LogP contribution in [0, 0.1) is 0 Å². The van der Waals surface area contributed by atoms with Crippen molar-refractivity contribution in [3.05, 3.63) is 30.5 Å². The Balaban J connectivity index is 2.49. The zero-order valence-corrected chi connectivity index (χ0v) is 8.82. The van der Waals surface area contributed by atoms with Gasteiger partial charge < -0.3 is 8.94 Å². The van der Waals surface area contributed by atoms with E-state index in [-0.39, 0.29) is 0 Å². The van der Waals surface area contributed by atoms with Gasteiger partial charge in [0.1, 0.15) is 17.5 Å². The molecule has 1 aromatic rings. The first kappa shape index (κ1) is 8.55. The summed E-state index contributed by atoms with van der Waals surface area (Å²) in [5, 5.41) is 0.968. The van der Waals surface area contributed by atoms with Gasteiger partial charge in [-0.25, -0.2) is 0 Å². The van der Waals surface area contributed by atoms with Gasteiger partial charge in [-0.1, -0.05) is 12.1 Å². The standard InChI is InChI=1S/C10H8N2O2S/c1-12-14-9-6-13-8-5-3-2-4-7(8)10(9)11-15-12/h2-6H,1H3. The number of nitrogens with zero attached hydrogens (tertiary/aromatic N) is 2. The molecule has 0 unspecified atom stereocenters. The second-order valence-electron chi connectivity index (χ2n) is 3.15. The molecular formula is C10H8N2O2S. The quantitative estimate of drug-likeness (QED) is 0.547. The normalized spacial score (nSPS) is 11.0. The first-order chi connectivity index (χ1) is 7.34. The highest BCUT2D eigenvalue weighted by molar-refractivity contribution is 6.99. The molecule has 2 heterocycles. The van der Waals surface area contributed by atoms with Gasteiger partial charge in [-0.05, 0) is 12.1 Å². The second kappa shape index (κ2) is 3.13. The van der Waals surface area contributed by atoms with E-state index >= 15 is 0 Å². The Morgan fingerprint density at radius 3 is 3.13 bits per heavy atom. The molecule has 5 heteroatoms. The fraction of sp³-hybridized carbons (Fsp3) is 0.100. The maximum Gasteiger partial charge on any atom is 0.218 e. The van der Waals surface area contributed by atoms with Crippen LogP contribution < -0.4 is 0 Å². The number of hydrogen-bond donors (Lipinski definition) is 0. The molecule has 0 bridgehead atoms. The highest BCUT2D eigenvalue weighted by Gasteiger charge is 2.12. The lowest BCUT2D eigenvalue weighted by atomic mass is 10.2. The van der Waals surface area contributed by atoms with Crippen molar-refractivity contribution in [3.63, 3.8) is 0 Å². The number of aryl methyl sites for hydroxylation is 1. The first-order valence-electron chi connectivity index (χ1n) is 4.48. The molecule has 0 amide bonds. The summed E-state index contributed by atoms with van der Waals surface area (Å²) in [4.78, 5) is 0. The Hall–Kier alpha value is -1.75. The van der Waals surface area contributed by atoms with Crippen molar-refractivity contribution in [3.8, 4) is 11.5 Å². The molecule has 4 nitrogen and oxygen atoms in total. The van der Waals surface area contributed by atoms with E-state index in [0.29, 0.717) is 5.76 Å². The van der Waals surface area contributed by atoms with Crippen molar-refractivity contribution < 1.29 is 8.94 Å². The van der Waals surface area contributed by atoms with Crippen molar-refractivity contribution in [2.45, 2.75) is 0 Å². The summed E-state index contributed by atoms with van der Waals surface area (Å²) in [5.74, 6) is 0.648. The fourth-order valence-corrected chi connectivity index (χ4v) is 1.98. The number of fused-ring (bicyclic) bond motifs is 3. The average molecular weight is 220 g/mol. The van der Waals surface area contributed by atoms with Crippen LogP contribution in [0.3, 0.4) is 0 Å². The summed E-state index contributed by atoms with van der Waals surface area (Å²) in [7, 11) is 1.80.